The van der Waals surface area contributed by atoms with Gasteiger partial charge in [0.2, 0.25) is 6.08 Å². The van der Waals surface area contributed by atoms with E-state index in [-0.39, 0.29) is 5.82 Å². The average Bonchev–Trinajstić information content (AvgIpc) is 2.75. The number of hydrogen-bond donors (Lipinski definition) is 1. The van der Waals surface area contributed by atoms with Crippen LogP contribution in [0, 0.1) is 11.7 Å². The van der Waals surface area contributed by atoms with Gasteiger partial charge in [-0.1, -0.05) is 38.1 Å². The van der Waals surface area contributed by atoms with E-state index in [1.807, 2.05) is 24.3 Å². The summed E-state index contributed by atoms with van der Waals surface area (Å²) in [7, 11) is 0. The molecule has 154 valence electrons. The van der Waals surface area contributed by atoms with Crippen LogP contribution in [-0.4, -0.2) is 17.7 Å². The molecular formula is C24H24FN3O2. The summed E-state index contributed by atoms with van der Waals surface area (Å²) in [6, 6.07) is 15.8. The fourth-order valence-electron chi connectivity index (χ4n) is 2.92. The van der Waals surface area contributed by atoms with Crippen LogP contribution < -0.4 is 10.1 Å². The van der Waals surface area contributed by atoms with Gasteiger partial charge in [0.1, 0.15) is 17.4 Å². The number of ether oxygens (including phenoxy) is 1. The van der Waals surface area contributed by atoms with Gasteiger partial charge in [-0.2, -0.15) is 4.99 Å². The van der Waals surface area contributed by atoms with E-state index in [1.54, 1.807) is 30.5 Å². The Balaban J connectivity index is 1.75. The molecule has 0 atom stereocenters. The number of hydrogen-bond acceptors (Lipinski definition) is 5. The van der Waals surface area contributed by atoms with Gasteiger partial charge in [-0.15, -0.1) is 0 Å². The number of halogens is 1. The van der Waals surface area contributed by atoms with Crippen molar-refractivity contribution in [2.75, 3.05) is 11.9 Å². The Hall–Kier alpha value is -3.50. The molecule has 0 aliphatic heterocycles. The Morgan fingerprint density at radius 2 is 1.77 bits per heavy atom. The molecule has 0 saturated heterocycles. The van der Waals surface area contributed by atoms with Crippen LogP contribution in [0.1, 0.15) is 30.5 Å². The number of carbonyl (C=O) groups excluding carboxylic acids is 1. The number of nitrogens with zero attached hydrogens (tertiary/aromatic N) is 2. The highest BCUT2D eigenvalue weighted by atomic mass is 19.1. The molecule has 0 fully saturated rings. The van der Waals surface area contributed by atoms with Gasteiger partial charge in [-0.3, -0.25) is 0 Å². The van der Waals surface area contributed by atoms with Crippen molar-refractivity contribution in [2.24, 2.45) is 10.9 Å². The highest BCUT2D eigenvalue weighted by molar-refractivity contribution is 5.63. The van der Waals surface area contributed by atoms with Crippen molar-refractivity contribution in [1.82, 2.24) is 4.98 Å². The molecule has 30 heavy (non-hydrogen) atoms. The first-order chi connectivity index (χ1) is 14.5. The molecule has 1 heterocycles. The van der Waals surface area contributed by atoms with E-state index in [0.29, 0.717) is 37.0 Å². The molecule has 3 aromatic rings. The Bertz CT molecular complexity index is 1010. The fraction of sp³-hybridized carbons (Fsp3) is 0.250. The van der Waals surface area contributed by atoms with Crippen LogP contribution in [0.15, 0.2) is 65.8 Å². The predicted octanol–water partition coefficient (Wildman–Crippen LogP) is 5.43. The summed E-state index contributed by atoms with van der Waals surface area (Å²) in [6.45, 7) is 5.44. The van der Waals surface area contributed by atoms with Crippen molar-refractivity contribution in [3.63, 3.8) is 0 Å². The maximum absolute atomic E-state index is 13.2. The minimum Gasteiger partial charge on any atom is -0.493 e. The van der Waals surface area contributed by atoms with Gasteiger partial charge in [-0.05, 0) is 47.4 Å². The minimum absolute atomic E-state index is 0.296. The lowest BCUT2D eigenvalue weighted by molar-refractivity contribution is 0.271. The summed E-state index contributed by atoms with van der Waals surface area (Å²) in [5, 5.41) is 3.31. The molecule has 5 nitrogen and oxygen atoms in total. The topological polar surface area (TPSA) is 63.6 Å². The zero-order chi connectivity index (χ0) is 21.3. The molecule has 0 amide bonds. The second-order valence-corrected chi connectivity index (χ2v) is 7.37. The van der Waals surface area contributed by atoms with Crippen LogP contribution in [-0.2, 0) is 17.8 Å². The number of pyridine rings is 1. The van der Waals surface area contributed by atoms with Crippen molar-refractivity contribution < 1.29 is 13.9 Å². The van der Waals surface area contributed by atoms with Gasteiger partial charge in [0, 0.05) is 24.7 Å². The summed E-state index contributed by atoms with van der Waals surface area (Å²) in [5.41, 5.74) is 3.20. The average molecular weight is 405 g/mol. The lowest BCUT2D eigenvalue weighted by Crippen LogP contribution is -2.06. The van der Waals surface area contributed by atoms with E-state index in [1.165, 1.54) is 12.1 Å². The molecule has 6 heteroatoms. The molecule has 0 unspecified atom stereocenters. The maximum atomic E-state index is 13.2. The second-order valence-electron chi connectivity index (χ2n) is 7.37. The third-order valence-corrected chi connectivity index (χ3v) is 4.46. The molecule has 1 aromatic heterocycles. The smallest absolute Gasteiger partial charge is 0.240 e. The molecular weight excluding hydrogens is 381 g/mol. The van der Waals surface area contributed by atoms with Crippen molar-refractivity contribution in [2.45, 2.75) is 26.8 Å². The zero-order valence-corrected chi connectivity index (χ0v) is 17.1. The Labute approximate surface area is 175 Å². The van der Waals surface area contributed by atoms with Crippen LogP contribution >= 0.6 is 0 Å². The summed E-state index contributed by atoms with van der Waals surface area (Å²) in [6.07, 6.45) is 3.64. The first-order valence-electron chi connectivity index (χ1n) is 9.81. The predicted molar refractivity (Wildman–Crippen MR) is 115 cm³/mol. The fourth-order valence-corrected chi connectivity index (χ4v) is 2.92. The SMILES string of the molecule is CC(C)COc1ccc(CNc2nccc(N=C=O)c2Cc2ccc(F)cc2)cc1. The van der Waals surface area contributed by atoms with Gasteiger partial charge >= 0.3 is 0 Å². The summed E-state index contributed by atoms with van der Waals surface area (Å²) in [5.74, 6) is 1.63. The molecule has 0 spiro atoms. The second kappa shape index (κ2) is 10.3. The van der Waals surface area contributed by atoms with Crippen LogP contribution in [0.5, 0.6) is 5.75 Å². The lowest BCUT2D eigenvalue weighted by Gasteiger charge is -2.14. The molecule has 0 aliphatic rings. The lowest BCUT2D eigenvalue weighted by atomic mass is 10.0. The summed E-state index contributed by atoms with van der Waals surface area (Å²) >= 11 is 0. The van der Waals surface area contributed by atoms with E-state index in [4.69, 9.17) is 4.74 Å². The van der Waals surface area contributed by atoms with E-state index >= 15 is 0 Å². The van der Waals surface area contributed by atoms with Crippen LogP contribution in [0.2, 0.25) is 0 Å². The molecule has 0 aliphatic carbocycles. The van der Waals surface area contributed by atoms with Gasteiger partial charge in [0.05, 0.1) is 12.3 Å². The number of aliphatic imine (C=N–C) groups is 1. The number of benzene rings is 2. The Kier molecular flexibility index (Phi) is 7.30. The first kappa shape index (κ1) is 21.2. The van der Waals surface area contributed by atoms with E-state index in [0.717, 1.165) is 22.4 Å². The molecule has 2 aromatic carbocycles. The number of nitrogens with one attached hydrogen (secondary N) is 1. The van der Waals surface area contributed by atoms with Crippen LogP contribution in [0.4, 0.5) is 15.9 Å². The van der Waals surface area contributed by atoms with Crippen molar-refractivity contribution in [3.8, 4) is 5.75 Å². The highest BCUT2D eigenvalue weighted by Gasteiger charge is 2.11. The van der Waals surface area contributed by atoms with E-state index in [9.17, 15) is 9.18 Å². The summed E-state index contributed by atoms with van der Waals surface area (Å²) in [4.78, 5) is 19.1. The normalized spacial score (nSPS) is 10.5. The number of aromatic nitrogens is 1. The Morgan fingerprint density at radius 1 is 1.07 bits per heavy atom. The quantitative estimate of drug-likeness (QED) is 0.381. The number of anilines is 1. The van der Waals surface area contributed by atoms with Crippen molar-refractivity contribution in [3.05, 3.63) is 83.3 Å². The van der Waals surface area contributed by atoms with E-state index < -0.39 is 0 Å². The van der Waals surface area contributed by atoms with Crippen molar-refractivity contribution in [1.29, 1.82) is 0 Å². The third-order valence-electron chi connectivity index (χ3n) is 4.46. The summed E-state index contributed by atoms with van der Waals surface area (Å²) < 4.78 is 18.9. The van der Waals surface area contributed by atoms with Crippen molar-refractivity contribution >= 4 is 17.6 Å². The number of isocyanates is 1. The molecule has 3 rings (SSSR count). The van der Waals surface area contributed by atoms with Gasteiger partial charge in [0.15, 0.2) is 0 Å². The third kappa shape index (κ3) is 6.00. The first-order valence-corrected chi connectivity index (χ1v) is 9.81. The maximum Gasteiger partial charge on any atom is 0.240 e. The highest BCUT2D eigenvalue weighted by Crippen LogP contribution is 2.28. The number of rotatable bonds is 9. The monoisotopic (exact) mass is 405 g/mol. The molecule has 0 saturated carbocycles. The van der Waals surface area contributed by atoms with Gasteiger partial charge in [0.25, 0.3) is 0 Å². The van der Waals surface area contributed by atoms with Crippen LogP contribution in [0.3, 0.4) is 0 Å². The molecule has 0 bridgehead atoms. The zero-order valence-electron chi connectivity index (χ0n) is 17.1. The molecule has 0 radical (unpaired) electrons. The minimum atomic E-state index is -0.296. The van der Waals surface area contributed by atoms with E-state index in [2.05, 4.69) is 29.1 Å². The van der Waals surface area contributed by atoms with Gasteiger partial charge < -0.3 is 10.1 Å². The Morgan fingerprint density at radius 3 is 2.43 bits per heavy atom. The largest absolute Gasteiger partial charge is 0.493 e. The van der Waals surface area contributed by atoms with Gasteiger partial charge in [-0.25, -0.2) is 14.2 Å². The standard InChI is InChI=1S/C24H24FN3O2/c1-17(2)15-30-21-9-5-19(6-10-21)14-27-24-22(23(28-16-29)11-12-26-24)13-18-3-7-20(25)8-4-18/h3-12,17H,13-15H2,1-2H3,(H,26,27). The van der Waals surface area contributed by atoms with Crippen LogP contribution in [0.25, 0.3) is 0 Å². The molecule has 1 N–H and O–H groups in total.